The molecule has 3 aliphatic heterocycles. The number of aliphatic hydroxyl groups is 1. The Balaban J connectivity index is 1.61. The molecule has 0 aromatic rings. The van der Waals surface area contributed by atoms with Crippen molar-refractivity contribution in [2.24, 2.45) is 0 Å². The summed E-state index contributed by atoms with van der Waals surface area (Å²) >= 11 is 0. The molecule has 0 spiro atoms. The highest BCUT2D eigenvalue weighted by Gasteiger charge is 2.48. The molecule has 0 aliphatic carbocycles. The van der Waals surface area contributed by atoms with E-state index in [1.807, 2.05) is 0 Å². The van der Waals surface area contributed by atoms with Gasteiger partial charge in [-0.15, -0.1) is 0 Å². The molecule has 2 unspecified atom stereocenters. The lowest BCUT2D eigenvalue weighted by Crippen LogP contribution is -2.50. The highest BCUT2D eigenvalue weighted by atomic mass is 16.5. The lowest BCUT2D eigenvalue weighted by molar-refractivity contribution is 0.0163. The van der Waals surface area contributed by atoms with Crippen LogP contribution in [0.1, 0.15) is 25.7 Å². The van der Waals surface area contributed by atoms with Crippen LogP contribution in [-0.4, -0.2) is 72.5 Å². The van der Waals surface area contributed by atoms with E-state index in [0.717, 1.165) is 26.3 Å². The number of ether oxygens (including phenoxy) is 1. The van der Waals surface area contributed by atoms with Crippen molar-refractivity contribution < 1.29 is 9.84 Å². The zero-order chi connectivity index (χ0) is 11.7. The molecule has 0 saturated carbocycles. The van der Waals surface area contributed by atoms with E-state index in [1.54, 1.807) is 0 Å². The van der Waals surface area contributed by atoms with Gasteiger partial charge in [-0.2, -0.15) is 0 Å². The van der Waals surface area contributed by atoms with Gasteiger partial charge >= 0.3 is 0 Å². The molecule has 3 heterocycles. The van der Waals surface area contributed by atoms with Crippen molar-refractivity contribution in [3.8, 4) is 0 Å². The molecule has 0 amide bonds. The van der Waals surface area contributed by atoms with Crippen LogP contribution in [0.5, 0.6) is 0 Å². The minimum Gasteiger partial charge on any atom is -0.394 e. The minimum atomic E-state index is 0.150. The maximum Gasteiger partial charge on any atom is 0.0615 e. The number of hydrogen-bond acceptors (Lipinski definition) is 4. The van der Waals surface area contributed by atoms with Crippen LogP contribution < -0.4 is 0 Å². The molecule has 0 bridgehead atoms. The molecule has 3 fully saturated rings. The minimum absolute atomic E-state index is 0.150. The van der Waals surface area contributed by atoms with Crippen LogP contribution >= 0.6 is 0 Å². The number of fused-ring (bicyclic) bond motifs is 1. The normalized spacial score (nSPS) is 39.7. The molecular formula is C13H24N2O2. The molecular weight excluding hydrogens is 216 g/mol. The summed E-state index contributed by atoms with van der Waals surface area (Å²) in [5.41, 5.74) is 0.150. The molecule has 17 heavy (non-hydrogen) atoms. The predicted molar refractivity (Wildman–Crippen MR) is 66.0 cm³/mol. The van der Waals surface area contributed by atoms with Crippen molar-refractivity contribution in [3.63, 3.8) is 0 Å². The number of aliphatic hydroxyl groups excluding tert-OH is 1. The van der Waals surface area contributed by atoms with E-state index in [9.17, 15) is 5.11 Å². The van der Waals surface area contributed by atoms with Gasteiger partial charge in [-0.25, -0.2) is 0 Å². The van der Waals surface area contributed by atoms with E-state index in [-0.39, 0.29) is 5.54 Å². The van der Waals surface area contributed by atoms with Crippen LogP contribution in [0.15, 0.2) is 0 Å². The maximum absolute atomic E-state index is 9.68. The fourth-order valence-electron chi connectivity index (χ4n) is 3.91. The van der Waals surface area contributed by atoms with Crippen LogP contribution in [0.2, 0.25) is 0 Å². The third kappa shape index (κ3) is 2.12. The number of morpholine rings is 1. The zero-order valence-corrected chi connectivity index (χ0v) is 10.6. The zero-order valence-electron chi connectivity index (χ0n) is 10.6. The Kier molecular flexibility index (Phi) is 3.39. The second kappa shape index (κ2) is 4.84. The smallest absolute Gasteiger partial charge is 0.0615 e. The molecule has 3 saturated heterocycles. The fraction of sp³-hybridized carbons (Fsp3) is 1.00. The number of hydrogen-bond donors (Lipinski definition) is 1. The molecule has 4 nitrogen and oxygen atoms in total. The van der Waals surface area contributed by atoms with E-state index in [1.165, 1.54) is 38.8 Å². The highest BCUT2D eigenvalue weighted by molar-refractivity contribution is 5.04. The molecule has 3 aliphatic rings. The highest BCUT2D eigenvalue weighted by Crippen LogP contribution is 2.42. The molecule has 98 valence electrons. The third-order valence-corrected chi connectivity index (χ3v) is 4.90. The molecule has 0 aromatic carbocycles. The summed E-state index contributed by atoms with van der Waals surface area (Å²) in [6.07, 6.45) is 4.92. The predicted octanol–water partition coefficient (Wildman–Crippen LogP) is 0.308. The van der Waals surface area contributed by atoms with Gasteiger partial charge in [0.2, 0.25) is 0 Å². The Morgan fingerprint density at radius 1 is 1.18 bits per heavy atom. The first-order chi connectivity index (χ1) is 8.34. The van der Waals surface area contributed by atoms with Crippen LogP contribution in [0, 0.1) is 0 Å². The Labute approximate surface area is 104 Å². The molecule has 2 atom stereocenters. The summed E-state index contributed by atoms with van der Waals surface area (Å²) in [6.45, 7) is 6.65. The summed E-state index contributed by atoms with van der Waals surface area (Å²) in [5, 5.41) is 9.68. The van der Waals surface area contributed by atoms with Crippen molar-refractivity contribution >= 4 is 0 Å². The van der Waals surface area contributed by atoms with Gasteiger partial charge < -0.3 is 9.84 Å². The third-order valence-electron chi connectivity index (χ3n) is 4.90. The number of nitrogens with zero attached hydrogens (tertiary/aromatic N) is 2. The van der Waals surface area contributed by atoms with Gasteiger partial charge in [-0.1, -0.05) is 0 Å². The van der Waals surface area contributed by atoms with E-state index in [2.05, 4.69) is 9.80 Å². The van der Waals surface area contributed by atoms with Crippen molar-refractivity contribution in [2.75, 3.05) is 46.0 Å². The van der Waals surface area contributed by atoms with Crippen LogP contribution in [0.3, 0.4) is 0 Å². The lowest BCUT2D eigenvalue weighted by atomic mass is 9.95. The average Bonchev–Trinajstić information content (AvgIpc) is 2.92. The first-order valence-corrected chi connectivity index (χ1v) is 7.02. The van der Waals surface area contributed by atoms with Gasteiger partial charge in [0, 0.05) is 31.2 Å². The van der Waals surface area contributed by atoms with Crippen molar-refractivity contribution in [3.05, 3.63) is 0 Å². The van der Waals surface area contributed by atoms with E-state index in [4.69, 9.17) is 4.74 Å². The van der Waals surface area contributed by atoms with Crippen molar-refractivity contribution in [1.29, 1.82) is 0 Å². The van der Waals surface area contributed by atoms with E-state index >= 15 is 0 Å². The topological polar surface area (TPSA) is 35.9 Å². The largest absolute Gasteiger partial charge is 0.394 e. The summed E-state index contributed by atoms with van der Waals surface area (Å²) in [4.78, 5) is 5.13. The van der Waals surface area contributed by atoms with Crippen LogP contribution in [0.4, 0.5) is 0 Å². The summed E-state index contributed by atoms with van der Waals surface area (Å²) in [7, 11) is 0. The molecule has 0 aromatic heterocycles. The molecule has 3 rings (SSSR count). The van der Waals surface area contributed by atoms with Gasteiger partial charge in [0.25, 0.3) is 0 Å². The van der Waals surface area contributed by atoms with Gasteiger partial charge in [0.15, 0.2) is 0 Å². The fourth-order valence-corrected chi connectivity index (χ4v) is 3.91. The van der Waals surface area contributed by atoms with Crippen molar-refractivity contribution in [1.82, 2.24) is 9.80 Å². The quantitative estimate of drug-likeness (QED) is 0.770. The monoisotopic (exact) mass is 240 g/mol. The summed E-state index contributed by atoms with van der Waals surface area (Å²) < 4.78 is 5.40. The van der Waals surface area contributed by atoms with Crippen LogP contribution in [-0.2, 0) is 4.74 Å². The summed E-state index contributed by atoms with van der Waals surface area (Å²) in [6, 6.07) is 0.669. The Morgan fingerprint density at radius 3 is 2.76 bits per heavy atom. The Morgan fingerprint density at radius 2 is 2.00 bits per heavy atom. The second-order valence-electron chi connectivity index (χ2n) is 5.78. The number of rotatable bonds is 3. The lowest BCUT2D eigenvalue weighted by Gasteiger charge is -2.36. The Hall–Kier alpha value is -0.160. The SMILES string of the molecule is OCC12CCCN1C(CN1CCOCC1)CC2. The van der Waals surface area contributed by atoms with Gasteiger partial charge in [0.1, 0.15) is 0 Å². The first-order valence-electron chi connectivity index (χ1n) is 7.02. The van der Waals surface area contributed by atoms with E-state index in [0.29, 0.717) is 12.6 Å². The molecule has 0 radical (unpaired) electrons. The maximum atomic E-state index is 9.68. The second-order valence-corrected chi connectivity index (χ2v) is 5.78. The van der Waals surface area contributed by atoms with Gasteiger partial charge in [-0.3, -0.25) is 9.80 Å². The van der Waals surface area contributed by atoms with Gasteiger partial charge in [-0.05, 0) is 32.2 Å². The molecule has 4 heteroatoms. The standard InChI is InChI=1S/C13H24N2O2/c16-11-13-3-1-5-15(13)12(2-4-13)10-14-6-8-17-9-7-14/h12,16H,1-11H2. The first kappa shape index (κ1) is 11.9. The Bertz CT molecular complexity index is 268. The van der Waals surface area contributed by atoms with Gasteiger partial charge in [0.05, 0.1) is 19.8 Å². The summed E-state index contributed by atoms with van der Waals surface area (Å²) in [5.74, 6) is 0. The van der Waals surface area contributed by atoms with Crippen LogP contribution in [0.25, 0.3) is 0 Å². The molecule has 1 N–H and O–H groups in total. The average molecular weight is 240 g/mol. The van der Waals surface area contributed by atoms with E-state index < -0.39 is 0 Å². The van der Waals surface area contributed by atoms with Crippen molar-refractivity contribution in [2.45, 2.75) is 37.3 Å².